The third-order valence-corrected chi connectivity index (χ3v) is 5.34. The van der Waals surface area contributed by atoms with Crippen LogP contribution in [0.3, 0.4) is 0 Å². The summed E-state index contributed by atoms with van der Waals surface area (Å²) in [4.78, 5) is 0.423. The highest BCUT2D eigenvalue weighted by Crippen LogP contribution is 2.28. The number of hydrogen-bond acceptors (Lipinski definition) is 3. The minimum absolute atomic E-state index is 0.195. The first kappa shape index (κ1) is 12.6. The van der Waals surface area contributed by atoms with Crippen LogP contribution >= 0.6 is 0 Å². The Morgan fingerprint density at radius 3 is 2.47 bits per heavy atom. The summed E-state index contributed by atoms with van der Waals surface area (Å²) in [7, 11) is -3.13. The van der Waals surface area contributed by atoms with Crippen LogP contribution in [0.5, 0.6) is 0 Å². The molecule has 2 rings (SSSR count). The molecule has 2 atom stereocenters. The lowest BCUT2D eigenvalue weighted by molar-refractivity contribution is 0.464. The van der Waals surface area contributed by atoms with E-state index in [0.29, 0.717) is 17.2 Å². The van der Waals surface area contributed by atoms with Crippen molar-refractivity contribution in [1.29, 1.82) is 0 Å². The average molecular weight is 253 g/mol. The lowest BCUT2D eigenvalue weighted by Crippen LogP contribution is -2.26. The van der Waals surface area contributed by atoms with Gasteiger partial charge < -0.3 is 5.73 Å². The van der Waals surface area contributed by atoms with E-state index in [9.17, 15) is 8.42 Å². The predicted octanol–water partition coefficient (Wildman–Crippen LogP) is 1.98. The average Bonchev–Trinajstić information content (AvgIpc) is 2.74. The monoisotopic (exact) mass is 253 g/mol. The van der Waals surface area contributed by atoms with Gasteiger partial charge in [-0.1, -0.05) is 24.6 Å². The van der Waals surface area contributed by atoms with Crippen LogP contribution in [0.15, 0.2) is 35.2 Å². The predicted molar refractivity (Wildman–Crippen MR) is 68.4 cm³/mol. The summed E-state index contributed by atoms with van der Waals surface area (Å²) in [6.07, 6.45) is 3.94. The molecule has 1 saturated carbocycles. The van der Waals surface area contributed by atoms with Crippen molar-refractivity contribution in [2.45, 2.75) is 36.6 Å². The third kappa shape index (κ3) is 3.07. The molecule has 0 radical (unpaired) electrons. The Morgan fingerprint density at radius 1 is 1.18 bits per heavy atom. The van der Waals surface area contributed by atoms with Crippen LogP contribution in [-0.4, -0.2) is 20.2 Å². The van der Waals surface area contributed by atoms with Crippen LogP contribution in [0.25, 0.3) is 0 Å². The fraction of sp³-hybridized carbons (Fsp3) is 0.538. The van der Waals surface area contributed by atoms with Crippen LogP contribution in [-0.2, 0) is 9.84 Å². The molecule has 1 aliphatic rings. The number of benzene rings is 1. The van der Waals surface area contributed by atoms with E-state index < -0.39 is 9.84 Å². The fourth-order valence-corrected chi connectivity index (χ4v) is 3.90. The molecule has 4 heteroatoms. The van der Waals surface area contributed by atoms with E-state index in [1.54, 1.807) is 24.3 Å². The molecular formula is C13H19NO2S. The van der Waals surface area contributed by atoms with Crippen molar-refractivity contribution in [3.63, 3.8) is 0 Å². The number of rotatable bonds is 4. The van der Waals surface area contributed by atoms with Gasteiger partial charge in [-0.3, -0.25) is 0 Å². The second-order valence-electron chi connectivity index (χ2n) is 4.78. The van der Waals surface area contributed by atoms with Gasteiger partial charge in [0.15, 0.2) is 9.84 Å². The quantitative estimate of drug-likeness (QED) is 0.892. The zero-order valence-corrected chi connectivity index (χ0v) is 10.7. The first-order valence-electron chi connectivity index (χ1n) is 6.13. The van der Waals surface area contributed by atoms with Gasteiger partial charge in [-0.05, 0) is 37.3 Å². The molecule has 2 N–H and O–H groups in total. The maximum absolute atomic E-state index is 12.1. The van der Waals surface area contributed by atoms with E-state index in [0.717, 1.165) is 19.3 Å². The van der Waals surface area contributed by atoms with E-state index in [2.05, 4.69) is 0 Å². The van der Waals surface area contributed by atoms with Crippen molar-refractivity contribution in [3.05, 3.63) is 30.3 Å². The van der Waals surface area contributed by atoms with Gasteiger partial charge in [-0.2, -0.15) is 0 Å². The zero-order valence-electron chi connectivity index (χ0n) is 9.88. The maximum Gasteiger partial charge on any atom is 0.178 e. The molecule has 1 aliphatic carbocycles. The van der Waals surface area contributed by atoms with E-state index >= 15 is 0 Å². The molecule has 0 heterocycles. The first-order valence-corrected chi connectivity index (χ1v) is 7.78. The summed E-state index contributed by atoms with van der Waals surface area (Å²) in [5, 5.41) is 0. The van der Waals surface area contributed by atoms with Crippen LogP contribution in [0, 0.1) is 5.92 Å². The van der Waals surface area contributed by atoms with Gasteiger partial charge in [0.2, 0.25) is 0 Å². The van der Waals surface area contributed by atoms with Crippen molar-refractivity contribution >= 4 is 9.84 Å². The maximum atomic E-state index is 12.1. The largest absolute Gasteiger partial charge is 0.327 e. The number of sulfone groups is 1. The Balaban J connectivity index is 1.99. The summed E-state index contributed by atoms with van der Waals surface area (Å²) in [6, 6.07) is 8.85. The fourth-order valence-electron chi connectivity index (χ4n) is 2.48. The SMILES string of the molecule is NC1CCCC1CCS(=O)(=O)c1ccccc1. The molecule has 2 unspecified atom stereocenters. The zero-order chi connectivity index (χ0) is 12.3. The molecule has 1 fully saturated rings. The summed E-state index contributed by atoms with van der Waals surface area (Å²) in [5.74, 6) is 0.600. The second-order valence-corrected chi connectivity index (χ2v) is 6.88. The van der Waals surface area contributed by atoms with Crippen molar-refractivity contribution in [2.24, 2.45) is 11.7 Å². The highest BCUT2D eigenvalue weighted by atomic mass is 32.2. The second kappa shape index (κ2) is 5.19. The highest BCUT2D eigenvalue weighted by Gasteiger charge is 2.26. The Labute approximate surface area is 103 Å². The Kier molecular flexibility index (Phi) is 3.84. The molecule has 1 aromatic rings. The molecule has 0 aliphatic heterocycles. The van der Waals surface area contributed by atoms with Crippen molar-refractivity contribution in [1.82, 2.24) is 0 Å². The summed E-state index contributed by atoms with van der Waals surface area (Å²) in [6.45, 7) is 0. The molecule has 3 nitrogen and oxygen atoms in total. The van der Waals surface area contributed by atoms with Gasteiger partial charge in [0.05, 0.1) is 10.6 Å². The van der Waals surface area contributed by atoms with Gasteiger partial charge >= 0.3 is 0 Å². The Morgan fingerprint density at radius 2 is 1.88 bits per heavy atom. The molecule has 0 amide bonds. The van der Waals surface area contributed by atoms with E-state index in [4.69, 9.17) is 5.73 Å². The summed E-state index contributed by atoms with van der Waals surface area (Å²) < 4.78 is 24.1. The van der Waals surface area contributed by atoms with Gasteiger partial charge in [-0.15, -0.1) is 0 Å². The molecule has 0 saturated heterocycles. The van der Waals surface area contributed by atoms with Crippen molar-refractivity contribution < 1.29 is 8.42 Å². The van der Waals surface area contributed by atoms with Gasteiger partial charge in [0, 0.05) is 6.04 Å². The van der Waals surface area contributed by atoms with Gasteiger partial charge in [-0.25, -0.2) is 8.42 Å². The molecule has 0 aromatic heterocycles. The van der Waals surface area contributed by atoms with E-state index in [1.807, 2.05) is 6.07 Å². The van der Waals surface area contributed by atoms with Crippen molar-refractivity contribution in [2.75, 3.05) is 5.75 Å². The van der Waals surface area contributed by atoms with Crippen molar-refractivity contribution in [3.8, 4) is 0 Å². The number of nitrogens with two attached hydrogens (primary N) is 1. The van der Waals surface area contributed by atoms with Gasteiger partial charge in [0.1, 0.15) is 0 Å². The molecule has 1 aromatic carbocycles. The molecule has 0 bridgehead atoms. The standard InChI is InChI=1S/C13H19NO2S/c14-13-8-4-5-11(13)9-10-17(15,16)12-6-2-1-3-7-12/h1-3,6-7,11,13H,4-5,8-10,14H2. The first-order chi connectivity index (χ1) is 8.09. The number of hydrogen-bond donors (Lipinski definition) is 1. The molecule has 17 heavy (non-hydrogen) atoms. The molecule has 94 valence electrons. The summed E-state index contributed by atoms with van der Waals surface area (Å²) >= 11 is 0. The molecule has 0 spiro atoms. The van der Waals surface area contributed by atoms with E-state index in [-0.39, 0.29) is 11.8 Å². The summed E-state index contributed by atoms with van der Waals surface area (Å²) in [5.41, 5.74) is 5.95. The topological polar surface area (TPSA) is 60.2 Å². The minimum Gasteiger partial charge on any atom is -0.327 e. The smallest absolute Gasteiger partial charge is 0.178 e. The third-order valence-electron chi connectivity index (χ3n) is 3.58. The lowest BCUT2D eigenvalue weighted by Gasteiger charge is -2.14. The minimum atomic E-state index is -3.13. The van der Waals surface area contributed by atoms with E-state index in [1.165, 1.54) is 0 Å². The van der Waals surface area contributed by atoms with Crippen LogP contribution in [0.4, 0.5) is 0 Å². The Hall–Kier alpha value is -0.870. The highest BCUT2D eigenvalue weighted by molar-refractivity contribution is 7.91. The van der Waals surface area contributed by atoms with Crippen LogP contribution < -0.4 is 5.73 Å². The van der Waals surface area contributed by atoms with Crippen LogP contribution in [0.1, 0.15) is 25.7 Å². The van der Waals surface area contributed by atoms with Crippen LogP contribution in [0.2, 0.25) is 0 Å². The molecular weight excluding hydrogens is 234 g/mol. The van der Waals surface area contributed by atoms with Gasteiger partial charge in [0.25, 0.3) is 0 Å². The normalized spacial score (nSPS) is 25.0. The Bertz CT molecular complexity index is 456. The lowest BCUT2D eigenvalue weighted by atomic mass is 10.0.